The summed E-state index contributed by atoms with van der Waals surface area (Å²) in [4.78, 5) is 2.36. The molecule has 19 heavy (non-hydrogen) atoms. The molecule has 0 N–H and O–H groups in total. The van der Waals surface area contributed by atoms with Gasteiger partial charge in [0.1, 0.15) is 5.69 Å². The molecule has 0 amide bonds. The molecule has 2 aromatic rings. The normalized spacial score (nSPS) is 20.8. The first-order valence-corrected chi connectivity index (χ1v) is 6.44. The molecule has 0 aromatic carbocycles. The molecule has 3 heterocycles. The third kappa shape index (κ3) is 2.66. The highest BCUT2D eigenvalue weighted by Gasteiger charge is 2.20. The number of ether oxygens (including phenoxy) is 1. The molecule has 1 aliphatic rings. The number of hydrogen-bond donors (Lipinski definition) is 0. The van der Waals surface area contributed by atoms with E-state index in [1.807, 2.05) is 19.4 Å². The van der Waals surface area contributed by atoms with Gasteiger partial charge in [-0.1, -0.05) is 5.21 Å². The summed E-state index contributed by atoms with van der Waals surface area (Å²) in [6.07, 6.45) is 5.64. The zero-order chi connectivity index (χ0) is 13.2. The fourth-order valence-electron chi connectivity index (χ4n) is 2.23. The Labute approximate surface area is 111 Å². The minimum atomic E-state index is 0.428. The van der Waals surface area contributed by atoms with Crippen LogP contribution in [0.3, 0.4) is 0 Å². The smallest absolute Gasteiger partial charge is 0.104 e. The minimum Gasteiger partial charge on any atom is -0.379 e. The van der Waals surface area contributed by atoms with Crippen molar-refractivity contribution in [1.29, 1.82) is 0 Å². The Hall–Kier alpha value is -1.73. The second kappa shape index (κ2) is 5.10. The van der Waals surface area contributed by atoms with E-state index in [9.17, 15) is 0 Å². The van der Waals surface area contributed by atoms with Gasteiger partial charge in [0.2, 0.25) is 0 Å². The summed E-state index contributed by atoms with van der Waals surface area (Å²) in [5, 5.41) is 12.5. The molecular weight excluding hydrogens is 244 g/mol. The number of aromatic nitrogens is 5. The van der Waals surface area contributed by atoms with Gasteiger partial charge >= 0.3 is 0 Å². The van der Waals surface area contributed by atoms with Crippen molar-refractivity contribution in [2.24, 2.45) is 7.05 Å². The highest BCUT2D eigenvalue weighted by Crippen LogP contribution is 2.11. The Morgan fingerprint density at radius 3 is 3.05 bits per heavy atom. The van der Waals surface area contributed by atoms with E-state index >= 15 is 0 Å². The molecule has 7 nitrogen and oxygen atoms in total. The first-order valence-electron chi connectivity index (χ1n) is 6.44. The van der Waals surface area contributed by atoms with E-state index in [0.717, 1.165) is 37.7 Å². The predicted octanol–water partition coefficient (Wildman–Crippen LogP) is 0.221. The first kappa shape index (κ1) is 12.3. The highest BCUT2D eigenvalue weighted by atomic mass is 16.5. The van der Waals surface area contributed by atoms with Crippen LogP contribution < -0.4 is 0 Å². The maximum Gasteiger partial charge on any atom is 0.104 e. The quantitative estimate of drug-likeness (QED) is 0.792. The summed E-state index contributed by atoms with van der Waals surface area (Å²) in [6, 6.07) is 0.428. The molecule has 102 valence electrons. The zero-order valence-electron chi connectivity index (χ0n) is 11.2. The lowest BCUT2D eigenvalue weighted by atomic mass is 10.2. The van der Waals surface area contributed by atoms with Crippen molar-refractivity contribution in [3.05, 3.63) is 24.3 Å². The summed E-state index contributed by atoms with van der Waals surface area (Å²) in [7, 11) is 1.89. The number of hydrogen-bond acceptors (Lipinski definition) is 5. The van der Waals surface area contributed by atoms with Gasteiger partial charge in [-0.25, -0.2) is 4.68 Å². The topological polar surface area (TPSA) is 61.0 Å². The van der Waals surface area contributed by atoms with Crippen molar-refractivity contribution in [2.75, 3.05) is 19.8 Å². The van der Waals surface area contributed by atoms with Gasteiger partial charge in [-0.15, -0.1) is 5.10 Å². The van der Waals surface area contributed by atoms with Crippen LogP contribution in [0.15, 0.2) is 18.6 Å². The Balaban J connectivity index is 1.71. The van der Waals surface area contributed by atoms with E-state index in [1.165, 1.54) is 0 Å². The van der Waals surface area contributed by atoms with Crippen LogP contribution in [0.2, 0.25) is 0 Å². The van der Waals surface area contributed by atoms with Crippen LogP contribution in [-0.2, 0) is 18.3 Å². The summed E-state index contributed by atoms with van der Waals surface area (Å²) < 4.78 is 8.94. The third-order valence-corrected chi connectivity index (χ3v) is 3.37. The first-order chi connectivity index (χ1) is 9.22. The molecule has 3 rings (SSSR count). The van der Waals surface area contributed by atoms with Crippen LogP contribution in [0.4, 0.5) is 0 Å². The number of aryl methyl sites for hydroxylation is 1. The highest BCUT2D eigenvalue weighted by molar-refractivity contribution is 5.23. The zero-order valence-corrected chi connectivity index (χ0v) is 11.2. The summed E-state index contributed by atoms with van der Waals surface area (Å²) >= 11 is 0. The van der Waals surface area contributed by atoms with E-state index in [1.54, 1.807) is 15.6 Å². The summed E-state index contributed by atoms with van der Waals surface area (Å²) in [6.45, 7) is 5.51. The van der Waals surface area contributed by atoms with Gasteiger partial charge in [-0.05, 0) is 6.92 Å². The molecule has 0 aliphatic carbocycles. The predicted molar refractivity (Wildman–Crippen MR) is 68.8 cm³/mol. The lowest BCUT2D eigenvalue weighted by Crippen LogP contribution is -2.42. The van der Waals surface area contributed by atoms with Crippen LogP contribution >= 0.6 is 0 Å². The number of rotatable bonds is 3. The standard InChI is InChI=1S/C12H18N6O/c1-10-9-19-4-3-17(10)6-11-7-18(15-14-11)12-5-13-16(2)8-12/h5,7-8,10H,3-4,6,9H2,1-2H3/t10-/m1/s1. The maximum absolute atomic E-state index is 5.43. The monoisotopic (exact) mass is 262 g/mol. The van der Waals surface area contributed by atoms with E-state index in [2.05, 4.69) is 27.2 Å². The Morgan fingerprint density at radius 2 is 2.32 bits per heavy atom. The molecule has 0 spiro atoms. The van der Waals surface area contributed by atoms with E-state index in [-0.39, 0.29) is 0 Å². The van der Waals surface area contributed by atoms with E-state index in [4.69, 9.17) is 4.74 Å². The van der Waals surface area contributed by atoms with Gasteiger partial charge in [0.15, 0.2) is 0 Å². The molecule has 1 saturated heterocycles. The summed E-state index contributed by atoms with van der Waals surface area (Å²) in [5.74, 6) is 0. The van der Waals surface area contributed by atoms with Crippen LogP contribution in [0, 0.1) is 0 Å². The summed E-state index contributed by atoms with van der Waals surface area (Å²) in [5.41, 5.74) is 1.90. The van der Waals surface area contributed by atoms with Gasteiger partial charge in [0, 0.05) is 26.2 Å². The lowest BCUT2D eigenvalue weighted by molar-refractivity contribution is -0.00492. The number of nitrogens with zero attached hydrogens (tertiary/aromatic N) is 6. The van der Waals surface area contributed by atoms with Crippen molar-refractivity contribution in [3.63, 3.8) is 0 Å². The molecule has 0 saturated carbocycles. The molecule has 7 heteroatoms. The average Bonchev–Trinajstić information content (AvgIpc) is 3.01. The molecule has 0 bridgehead atoms. The third-order valence-electron chi connectivity index (χ3n) is 3.37. The van der Waals surface area contributed by atoms with E-state index in [0.29, 0.717) is 6.04 Å². The molecule has 0 unspecified atom stereocenters. The van der Waals surface area contributed by atoms with Gasteiger partial charge < -0.3 is 4.74 Å². The minimum absolute atomic E-state index is 0.428. The van der Waals surface area contributed by atoms with Gasteiger partial charge in [-0.2, -0.15) is 5.10 Å². The van der Waals surface area contributed by atoms with Gasteiger partial charge in [0.05, 0.1) is 37.5 Å². The van der Waals surface area contributed by atoms with Crippen molar-refractivity contribution in [2.45, 2.75) is 19.5 Å². The SMILES string of the molecule is C[C@@H]1COCCN1Cc1cn(-c2cnn(C)c2)nn1. The molecule has 1 atom stereocenters. The lowest BCUT2D eigenvalue weighted by Gasteiger charge is -2.32. The Morgan fingerprint density at radius 1 is 1.42 bits per heavy atom. The number of morpholine rings is 1. The second-order valence-electron chi connectivity index (χ2n) is 4.92. The maximum atomic E-state index is 5.43. The Bertz CT molecular complexity index is 548. The largest absolute Gasteiger partial charge is 0.379 e. The molecular formula is C12H18N6O. The van der Waals surface area contributed by atoms with Gasteiger partial charge in [0.25, 0.3) is 0 Å². The molecule has 2 aromatic heterocycles. The van der Waals surface area contributed by atoms with Crippen molar-refractivity contribution in [3.8, 4) is 5.69 Å². The molecule has 1 aliphatic heterocycles. The fraction of sp³-hybridized carbons (Fsp3) is 0.583. The Kier molecular flexibility index (Phi) is 3.31. The van der Waals surface area contributed by atoms with Crippen molar-refractivity contribution < 1.29 is 4.74 Å². The van der Waals surface area contributed by atoms with Crippen molar-refractivity contribution in [1.82, 2.24) is 29.7 Å². The molecule has 0 radical (unpaired) electrons. The molecule has 1 fully saturated rings. The van der Waals surface area contributed by atoms with Crippen LogP contribution in [0.25, 0.3) is 5.69 Å². The van der Waals surface area contributed by atoms with Gasteiger partial charge in [-0.3, -0.25) is 9.58 Å². The second-order valence-corrected chi connectivity index (χ2v) is 4.92. The van der Waals surface area contributed by atoms with Crippen LogP contribution in [-0.4, -0.2) is 55.5 Å². The van der Waals surface area contributed by atoms with Crippen LogP contribution in [0.5, 0.6) is 0 Å². The fourth-order valence-corrected chi connectivity index (χ4v) is 2.23. The van der Waals surface area contributed by atoms with Crippen LogP contribution in [0.1, 0.15) is 12.6 Å². The average molecular weight is 262 g/mol. The van der Waals surface area contributed by atoms with Crippen molar-refractivity contribution >= 4 is 0 Å². The van der Waals surface area contributed by atoms with E-state index < -0.39 is 0 Å².